The molecule has 2 rings (SSSR count). The molecule has 1 saturated heterocycles. The van der Waals surface area contributed by atoms with E-state index in [1.54, 1.807) is 11.8 Å². The fraction of sp³-hybridized carbons (Fsp3) is 0.533. The van der Waals surface area contributed by atoms with E-state index in [0.29, 0.717) is 18.3 Å². The molecule has 1 aliphatic heterocycles. The van der Waals surface area contributed by atoms with Crippen LogP contribution in [-0.2, 0) is 4.79 Å². The number of likely N-dealkylation sites (tertiary alicyclic amines) is 1. The van der Waals surface area contributed by atoms with E-state index in [0.717, 1.165) is 19.4 Å². The second-order valence-electron chi connectivity index (χ2n) is 5.25. The highest BCUT2D eigenvalue weighted by molar-refractivity contribution is 6.32. The summed E-state index contributed by atoms with van der Waals surface area (Å²) in [5.41, 5.74) is 0. The van der Waals surface area contributed by atoms with Crippen LogP contribution in [0.2, 0.25) is 5.02 Å². The fourth-order valence-electron chi connectivity index (χ4n) is 2.48. The molecule has 0 aliphatic carbocycles. The lowest BCUT2D eigenvalue weighted by Crippen LogP contribution is -2.50. The predicted molar refractivity (Wildman–Crippen MR) is 80.2 cm³/mol. The van der Waals surface area contributed by atoms with Crippen LogP contribution < -0.4 is 10.1 Å². The average Bonchev–Trinajstić information content (AvgIpc) is 2.49. The van der Waals surface area contributed by atoms with E-state index in [-0.39, 0.29) is 10.9 Å². The number of hydrogen-bond acceptors (Lipinski definition) is 3. The van der Waals surface area contributed by atoms with Crippen LogP contribution in [0.1, 0.15) is 19.8 Å². The minimum Gasteiger partial charge on any atom is -0.479 e. The maximum atomic E-state index is 13.0. The van der Waals surface area contributed by atoms with Gasteiger partial charge in [-0.1, -0.05) is 11.6 Å². The zero-order valence-electron chi connectivity index (χ0n) is 12.2. The van der Waals surface area contributed by atoms with E-state index in [1.165, 1.54) is 18.2 Å². The summed E-state index contributed by atoms with van der Waals surface area (Å²) in [6, 6.07) is 4.19. The quantitative estimate of drug-likeness (QED) is 0.928. The van der Waals surface area contributed by atoms with Crippen molar-refractivity contribution in [2.45, 2.75) is 31.9 Å². The molecule has 1 fully saturated rings. The van der Waals surface area contributed by atoms with Gasteiger partial charge >= 0.3 is 0 Å². The minimum atomic E-state index is -0.649. The van der Waals surface area contributed by atoms with Crippen LogP contribution in [-0.4, -0.2) is 43.1 Å². The van der Waals surface area contributed by atoms with Crippen LogP contribution in [0.15, 0.2) is 18.2 Å². The molecular weight excluding hydrogens is 295 g/mol. The molecule has 6 heteroatoms. The third-order valence-corrected chi connectivity index (χ3v) is 3.98. The van der Waals surface area contributed by atoms with Gasteiger partial charge in [-0.3, -0.25) is 4.79 Å². The predicted octanol–water partition coefficient (Wildman–Crippen LogP) is 2.46. The van der Waals surface area contributed by atoms with E-state index in [9.17, 15) is 9.18 Å². The molecule has 4 nitrogen and oxygen atoms in total. The highest BCUT2D eigenvalue weighted by Gasteiger charge is 2.27. The van der Waals surface area contributed by atoms with Crippen molar-refractivity contribution in [2.24, 2.45) is 0 Å². The van der Waals surface area contributed by atoms with E-state index in [4.69, 9.17) is 16.3 Å². The van der Waals surface area contributed by atoms with E-state index in [1.807, 2.05) is 7.05 Å². The molecule has 1 aliphatic rings. The zero-order chi connectivity index (χ0) is 15.4. The van der Waals surface area contributed by atoms with E-state index < -0.39 is 11.9 Å². The summed E-state index contributed by atoms with van der Waals surface area (Å²) in [4.78, 5) is 14.2. The van der Waals surface area contributed by atoms with Crippen LogP contribution >= 0.6 is 11.6 Å². The Morgan fingerprint density at radius 1 is 1.57 bits per heavy atom. The van der Waals surface area contributed by atoms with Gasteiger partial charge in [-0.2, -0.15) is 0 Å². The zero-order valence-corrected chi connectivity index (χ0v) is 13.0. The van der Waals surface area contributed by atoms with Gasteiger partial charge in [-0.15, -0.1) is 0 Å². The molecule has 2 unspecified atom stereocenters. The van der Waals surface area contributed by atoms with Crippen LogP contribution in [0.4, 0.5) is 4.39 Å². The first-order chi connectivity index (χ1) is 10.0. The van der Waals surface area contributed by atoms with Crippen molar-refractivity contribution in [3.63, 3.8) is 0 Å². The molecule has 0 aromatic heterocycles. The maximum absolute atomic E-state index is 13.0. The third-order valence-electron chi connectivity index (χ3n) is 3.69. The van der Waals surface area contributed by atoms with Crippen LogP contribution in [0.3, 0.4) is 0 Å². The van der Waals surface area contributed by atoms with Gasteiger partial charge in [0.05, 0.1) is 5.02 Å². The van der Waals surface area contributed by atoms with Crippen LogP contribution in [0.5, 0.6) is 5.75 Å². The minimum absolute atomic E-state index is 0.0738. The summed E-state index contributed by atoms with van der Waals surface area (Å²) in [5, 5.41) is 3.36. The van der Waals surface area contributed by atoms with Crippen molar-refractivity contribution >= 4 is 17.5 Å². The Morgan fingerprint density at radius 2 is 2.33 bits per heavy atom. The van der Waals surface area contributed by atoms with Crippen molar-refractivity contribution in [1.82, 2.24) is 10.2 Å². The number of nitrogens with one attached hydrogen (secondary N) is 1. The average molecular weight is 315 g/mol. The Kier molecular flexibility index (Phi) is 5.42. The highest BCUT2D eigenvalue weighted by atomic mass is 35.5. The number of carbonyl (C=O) groups is 1. The number of carbonyl (C=O) groups excluding carboxylic acids is 1. The van der Waals surface area contributed by atoms with Gasteiger partial charge in [0.2, 0.25) is 0 Å². The molecule has 1 heterocycles. The summed E-state index contributed by atoms with van der Waals surface area (Å²) in [6.45, 7) is 3.10. The van der Waals surface area contributed by atoms with Gasteiger partial charge in [-0.05, 0) is 45.0 Å². The number of ether oxygens (including phenoxy) is 1. The molecule has 1 N–H and O–H groups in total. The summed E-state index contributed by atoms with van der Waals surface area (Å²) in [5.74, 6) is -0.185. The van der Waals surface area contributed by atoms with Gasteiger partial charge < -0.3 is 15.0 Å². The summed E-state index contributed by atoms with van der Waals surface area (Å²) in [6.07, 6.45) is 1.39. The molecule has 1 amide bonds. The second kappa shape index (κ2) is 7.09. The van der Waals surface area contributed by atoms with Crippen LogP contribution in [0.25, 0.3) is 0 Å². The molecule has 0 saturated carbocycles. The lowest BCUT2D eigenvalue weighted by atomic mass is 10.1. The molecule has 2 atom stereocenters. The number of nitrogens with zero attached hydrogens (tertiary/aromatic N) is 1. The Labute approximate surface area is 129 Å². The summed E-state index contributed by atoms with van der Waals surface area (Å²) >= 11 is 5.91. The Bertz CT molecular complexity index is 512. The molecule has 0 bridgehead atoms. The second-order valence-corrected chi connectivity index (χ2v) is 5.65. The lowest BCUT2D eigenvalue weighted by molar-refractivity contribution is -0.139. The SMILES string of the molecule is CNC1CCCN(C(=O)C(C)Oc2ccc(F)cc2Cl)C1. The maximum Gasteiger partial charge on any atom is 0.263 e. The third kappa shape index (κ3) is 4.08. The summed E-state index contributed by atoms with van der Waals surface area (Å²) < 4.78 is 18.6. The summed E-state index contributed by atoms with van der Waals surface area (Å²) in [7, 11) is 1.90. The molecule has 1 aromatic carbocycles. The first kappa shape index (κ1) is 16.0. The highest BCUT2D eigenvalue weighted by Crippen LogP contribution is 2.26. The lowest BCUT2D eigenvalue weighted by Gasteiger charge is -2.34. The molecule has 0 radical (unpaired) electrons. The number of amides is 1. The van der Waals surface area contributed by atoms with Gasteiger partial charge in [0, 0.05) is 19.1 Å². The van der Waals surface area contributed by atoms with E-state index in [2.05, 4.69) is 5.32 Å². The number of rotatable bonds is 4. The van der Waals surface area contributed by atoms with E-state index >= 15 is 0 Å². The van der Waals surface area contributed by atoms with Gasteiger partial charge in [0.1, 0.15) is 11.6 Å². The topological polar surface area (TPSA) is 41.6 Å². The standard InChI is InChI=1S/C15H20ClFN2O2/c1-10(21-14-6-5-11(17)8-13(14)16)15(20)19-7-3-4-12(9-19)18-2/h5-6,8,10,12,18H,3-4,7,9H2,1-2H3. The first-order valence-corrected chi connectivity index (χ1v) is 7.47. The number of likely N-dealkylation sites (N-methyl/N-ethyl adjacent to an activating group) is 1. The largest absolute Gasteiger partial charge is 0.479 e. The monoisotopic (exact) mass is 314 g/mol. The van der Waals surface area contributed by atoms with Crippen molar-refractivity contribution < 1.29 is 13.9 Å². The number of hydrogen-bond donors (Lipinski definition) is 1. The molecule has 116 valence electrons. The fourth-order valence-corrected chi connectivity index (χ4v) is 2.69. The van der Waals surface area contributed by atoms with Gasteiger partial charge in [-0.25, -0.2) is 4.39 Å². The normalized spacial score (nSPS) is 20.2. The molecule has 21 heavy (non-hydrogen) atoms. The van der Waals surface area contributed by atoms with Gasteiger partial charge in [0.15, 0.2) is 6.10 Å². The Balaban J connectivity index is 1.99. The van der Waals surface area contributed by atoms with Crippen LogP contribution in [0, 0.1) is 5.82 Å². The van der Waals surface area contributed by atoms with Crippen molar-refractivity contribution in [3.8, 4) is 5.75 Å². The number of halogens is 2. The Morgan fingerprint density at radius 3 is 3.00 bits per heavy atom. The van der Waals surface area contributed by atoms with Crippen molar-refractivity contribution in [1.29, 1.82) is 0 Å². The molecular formula is C15H20ClFN2O2. The number of benzene rings is 1. The Hall–Kier alpha value is -1.33. The van der Waals surface area contributed by atoms with Gasteiger partial charge in [0.25, 0.3) is 5.91 Å². The first-order valence-electron chi connectivity index (χ1n) is 7.09. The molecule has 1 aromatic rings. The molecule has 0 spiro atoms. The number of piperidine rings is 1. The van der Waals surface area contributed by atoms with Crippen molar-refractivity contribution in [2.75, 3.05) is 20.1 Å². The smallest absolute Gasteiger partial charge is 0.263 e. The van der Waals surface area contributed by atoms with Crippen molar-refractivity contribution in [3.05, 3.63) is 29.0 Å².